The zero-order valence-electron chi connectivity index (χ0n) is 54.4. The summed E-state index contributed by atoms with van der Waals surface area (Å²) in [7, 11) is 7.20. The van der Waals surface area contributed by atoms with Gasteiger partial charge in [0.05, 0.1) is 19.0 Å². The molecule has 89 heavy (non-hydrogen) atoms. The first-order chi connectivity index (χ1) is 41.8. The van der Waals surface area contributed by atoms with Gasteiger partial charge in [0.25, 0.3) is 0 Å². The summed E-state index contributed by atoms with van der Waals surface area (Å²) >= 11 is 6.39. The van der Waals surface area contributed by atoms with Crippen molar-refractivity contribution in [2.75, 3.05) is 61.4 Å². The fourth-order valence-electron chi connectivity index (χ4n) is 14.3. The lowest BCUT2D eigenvalue weighted by Crippen LogP contribution is -2.64. The summed E-state index contributed by atoms with van der Waals surface area (Å²) in [6, 6.07) is -8.63. The van der Waals surface area contributed by atoms with Crippen LogP contribution >= 0.6 is 11.6 Å². The summed E-state index contributed by atoms with van der Waals surface area (Å²) in [5.41, 5.74) is -1.47. The molecule has 12 atom stereocenters. The summed E-state index contributed by atoms with van der Waals surface area (Å²) in [5, 5.41) is 10.4. The normalized spacial score (nSPS) is 31.4. The molecule has 0 aromatic carbocycles. The van der Waals surface area contributed by atoms with Crippen LogP contribution in [0.25, 0.3) is 0 Å². The highest BCUT2D eigenvalue weighted by molar-refractivity contribution is 6.20. The summed E-state index contributed by atoms with van der Waals surface area (Å²) in [5.74, 6) is -9.26. The van der Waals surface area contributed by atoms with Crippen molar-refractivity contribution in [3.05, 3.63) is 0 Å². The van der Waals surface area contributed by atoms with Crippen molar-refractivity contribution in [3.63, 3.8) is 0 Å². The Balaban J connectivity index is 1.35. The van der Waals surface area contributed by atoms with Crippen LogP contribution in [0.5, 0.6) is 0 Å². The van der Waals surface area contributed by atoms with Crippen LogP contribution in [0.3, 0.4) is 0 Å². The lowest BCUT2D eigenvalue weighted by molar-refractivity contribution is -0.182. The maximum absolute atomic E-state index is 15.2. The molecular formula is C63H101ClF3N11O11. The van der Waals surface area contributed by atoms with Crippen molar-refractivity contribution >= 4 is 76.6 Å². The van der Waals surface area contributed by atoms with Crippen LogP contribution in [0.4, 0.5) is 13.2 Å². The molecule has 3 saturated carbocycles. The number of hydrogen-bond donors (Lipinski definition) is 4. The van der Waals surface area contributed by atoms with E-state index < -0.39 is 161 Å². The van der Waals surface area contributed by atoms with E-state index in [0.29, 0.717) is 32.1 Å². The Kier molecular flexibility index (Phi) is 25.6. The molecule has 11 amide bonds. The first kappa shape index (κ1) is 72.3. The smallest absolute Gasteiger partial charge is 0.351 e. The number of carbonyl (C=O) groups excluding carboxylic acids is 11. The van der Waals surface area contributed by atoms with Gasteiger partial charge in [0, 0.05) is 66.2 Å². The van der Waals surface area contributed by atoms with Crippen molar-refractivity contribution in [2.24, 2.45) is 29.6 Å². The topological polar surface area (TPSA) is 259 Å². The van der Waals surface area contributed by atoms with E-state index in [0.717, 1.165) is 41.9 Å². The number of alkyl halides is 4. The quantitative estimate of drug-likeness (QED) is 0.242. The molecule has 0 bridgehead atoms. The van der Waals surface area contributed by atoms with Gasteiger partial charge in [-0.3, -0.25) is 52.7 Å². The van der Waals surface area contributed by atoms with Gasteiger partial charge in [-0.15, -0.1) is 11.6 Å². The predicted octanol–water partition coefficient (Wildman–Crippen LogP) is 4.73. The zero-order chi connectivity index (χ0) is 66.0. The van der Waals surface area contributed by atoms with E-state index in [1.807, 2.05) is 6.92 Å². The maximum atomic E-state index is 15.2. The first-order valence-corrected chi connectivity index (χ1v) is 33.1. The minimum Gasteiger partial charge on any atom is -0.351 e. The first-order valence-electron chi connectivity index (χ1n) is 32.6. The highest BCUT2D eigenvalue weighted by atomic mass is 35.5. The largest absolute Gasteiger partial charge is 0.393 e. The average molecular weight is 1280 g/mol. The summed E-state index contributed by atoms with van der Waals surface area (Å²) in [6.07, 6.45) is 3.47. The highest BCUT2D eigenvalue weighted by Gasteiger charge is 2.51. The van der Waals surface area contributed by atoms with Gasteiger partial charge in [0.2, 0.25) is 65.0 Å². The summed E-state index contributed by atoms with van der Waals surface area (Å²) in [4.78, 5) is 169. The van der Waals surface area contributed by atoms with E-state index in [9.17, 15) is 56.3 Å². The Morgan fingerprint density at radius 2 is 1.19 bits per heavy atom. The minimum atomic E-state index is -4.49. The molecule has 502 valence electrons. The van der Waals surface area contributed by atoms with Crippen LogP contribution < -0.4 is 21.3 Å². The lowest BCUT2D eigenvalue weighted by Gasteiger charge is -2.39. The number of rotatable bonds is 8. The second-order valence-corrected chi connectivity index (χ2v) is 27.7. The van der Waals surface area contributed by atoms with E-state index in [1.54, 1.807) is 27.7 Å². The molecule has 6 rings (SSSR count). The number of nitrogens with zero attached hydrogens (tertiary/aromatic N) is 7. The van der Waals surface area contributed by atoms with Gasteiger partial charge in [-0.25, -0.2) is 0 Å². The monoisotopic (exact) mass is 1280 g/mol. The molecule has 3 saturated heterocycles. The molecule has 3 heterocycles. The Bertz CT molecular complexity index is 2570. The van der Waals surface area contributed by atoms with Crippen LogP contribution in [-0.4, -0.2) is 226 Å². The number of halogens is 4. The van der Waals surface area contributed by atoms with Gasteiger partial charge < -0.3 is 55.6 Å². The molecule has 26 heteroatoms. The Labute approximate surface area is 528 Å². The molecule has 22 nitrogen and oxygen atoms in total. The fourth-order valence-corrected chi connectivity index (χ4v) is 14.9. The van der Waals surface area contributed by atoms with E-state index in [-0.39, 0.29) is 95.6 Å². The molecule has 3 aliphatic heterocycles. The lowest BCUT2D eigenvalue weighted by atomic mass is 9.78. The number of fused-ring (bicyclic) bond motifs is 2. The maximum Gasteiger partial charge on any atom is 0.393 e. The van der Waals surface area contributed by atoms with Crippen molar-refractivity contribution in [3.8, 4) is 0 Å². The van der Waals surface area contributed by atoms with Crippen molar-refractivity contribution < 1.29 is 65.9 Å². The molecule has 4 N–H and O–H groups in total. The Morgan fingerprint density at radius 1 is 0.596 bits per heavy atom. The van der Waals surface area contributed by atoms with Gasteiger partial charge in [-0.1, -0.05) is 79.1 Å². The standard InChI is InChI=1S/C63H101ClF3N11O11/c1-12-38(4)52-60(88)73(8)35-50(80)72(7)36-51(81)75(10)48(34-41-20-14-13-15-21-41)59(87)78-31-18-22-46(78)55(83)69-45(27-25-42-24-26-43(44(64)33-42)63(65,66)67)58(86)77-30-19-23-47(77)56(84)71-62(28-16-17-29-62)61(89)76(11)53(37(2)3)57(85)68-39(5)32-49(79)74(9)40(6)54(82)70-52/h37-48,52-53H,12-36H2,1-11H3,(H,68,85)(H,69,83)(H,70,82)(H,71,84)/t38-,39+,40-,42?,43?,44?,45-,46+,47-,48-,52-,53-/m0/s1. The molecule has 6 fully saturated rings. The van der Waals surface area contributed by atoms with Crippen LogP contribution in [0, 0.1) is 29.6 Å². The fraction of sp³-hybridized carbons (Fsp3) is 0.825. The minimum absolute atomic E-state index is 0.0226. The number of amides is 11. The highest BCUT2D eigenvalue weighted by Crippen LogP contribution is 2.44. The van der Waals surface area contributed by atoms with Crippen LogP contribution in [-0.2, 0) is 52.7 Å². The van der Waals surface area contributed by atoms with Gasteiger partial charge in [-0.05, 0) is 115 Å². The number of hydrogen-bond acceptors (Lipinski definition) is 11. The van der Waals surface area contributed by atoms with E-state index in [2.05, 4.69) is 21.3 Å². The summed E-state index contributed by atoms with van der Waals surface area (Å²) < 4.78 is 41.8. The third-order valence-electron chi connectivity index (χ3n) is 20.3. The van der Waals surface area contributed by atoms with Crippen LogP contribution in [0.1, 0.15) is 176 Å². The third kappa shape index (κ3) is 17.9. The molecular weight excluding hydrogens is 1180 g/mol. The second-order valence-electron chi connectivity index (χ2n) is 27.1. The van der Waals surface area contributed by atoms with E-state index >= 15 is 9.59 Å². The van der Waals surface area contributed by atoms with Crippen LogP contribution in [0.15, 0.2) is 0 Å². The van der Waals surface area contributed by atoms with E-state index in [1.165, 1.54) is 66.7 Å². The summed E-state index contributed by atoms with van der Waals surface area (Å²) in [6.45, 7) is 9.53. The molecule has 0 aromatic rings. The average Bonchev–Trinajstić information content (AvgIpc) is 4.01. The number of carbonyl (C=O) groups is 11. The van der Waals surface area contributed by atoms with E-state index in [4.69, 9.17) is 11.6 Å². The Morgan fingerprint density at radius 3 is 1.78 bits per heavy atom. The number of likely N-dealkylation sites (N-methyl/N-ethyl adjacent to an activating group) is 5. The van der Waals surface area contributed by atoms with Crippen molar-refractivity contribution in [1.29, 1.82) is 0 Å². The van der Waals surface area contributed by atoms with Gasteiger partial charge in [0.15, 0.2) is 0 Å². The molecule has 0 radical (unpaired) electrons. The molecule has 3 aliphatic carbocycles. The second kappa shape index (κ2) is 31.5. The van der Waals surface area contributed by atoms with Gasteiger partial charge in [0.1, 0.15) is 47.8 Å². The SMILES string of the molecule is CC[C@H](C)[C@@H]1NC(=O)[C@H](C)N(C)C(=O)C[C@@H](C)NC(=O)[C@H](C(C)C)N(C)C(=O)C2(CCCC2)NC(=O)[C@@H]2CCCN2C(=O)[C@H](CCC2CCC(C(F)(F)F)C(Cl)C2)NC(=O)[C@H]2CCCN2C(=O)[C@H](CC2CCCCC2)N(C)C(=O)CN(C)C(=O)CN(C)C1=O. The van der Waals surface area contributed by atoms with Gasteiger partial charge in [-0.2, -0.15) is 13.2 Å². The molecule has 6 aliphatic rings. The third-order valence-corrected chi connectivity index (χ3v) is 20.8. The van der Waals surface area contributed by atoms with Crippen LogP contribution in [0.2, 0.25) is 0 Å². The molecule has 3 unspecified atom stereocenters. The molecule has 1 spiro atoms. The van der Waals surface area contributed by atoms with Gasteiger partial charge >= 0.3 is 6.18 Å². The number of nitrogens with one attached hydrogen (secondary N) is 4. The zero-order valence-corrected chi connectivity index (χ0v) is 55.1. The Hall–Kier alpha value is -5.75. The molecule has 0 aromatic heterocycles. The predicted molar refractivity (Wildman–Crippen MR) is 327 cm³/mol. The van der Waals surface area contributed by atoms with Crippen molar-refractivity contribution in [1.82, 2.24) is 55.6 Å². The van der Waals surface area contributed by atoms with Crippen molar-refractivity contribution in [2.45, 2.75) is 242 Å².